The van der Waals surface area contributed by atoms with Crippen molar-refractivity contribution in [1.29, 1.82) is 0 Å². The molecule has 3 aromatic rings. The van der Waals surface area contributed by atoms with Gasteiger partial charge in [-0.25, -0.2) is 9.79 Å². The summed E-state index contributed by atoms with van der Waals surface area (Å²) in [6.07, 6.45) is 3.81. The van der Waals surface area contributed by atoms with Gasteiger partial charge in [-0.3, -0.25) is 0 Å². The minimum Gasteiger partial charge on any atom is -0.462 e. The van der Waals surface area contributed by atoms with Crippen LogP contribution in [0, 0.1) is 0 Å². The molecule has 0 saturated heterocycles. The van der Waals surface area contributed by atoms with Crippen LogP contribution >= 0.6 is 11.6 Å². The Morgan fingerprint density at radius 3 is 2.88 bits per heavy atom. The summed E-state index contributed by atoms with van der Waals surface area (Å²) in [6.45, 7) is 2.11. The first-order valence-electron chi connectivity index (χ1n) is 7.90. The van der Waals surface area contributed by atoms with Gasteiger partial charge in [-0.15, -0.1) is 11.6 Å². The molecule has 6 heteroatoms. The van der Waals surface area contributed by atoms with E-state index in [4.69, 9.17) is 22.1 Å². The number of hydrogen-bond acceptors (Lipinski definition) is 3. The molecule has 0 aliphatic rings. The summed E-state index contributed by atoms with van der Waals surface area (Å²) < 4.78 is 7.16. The highest BCUT2D eigenvalue weighted by Gasteiger charge is 2.20. The lowest BCUT2D eigenvalue weighted by atomic mass is 10.0. The number of aliphatic imine (C=N–C) groups is 1. The molecule has 0 unspecified atom stereocenters. The average Bonchev–Trinajstić information content (AvgIpc) is 3.01. The van der Waals surface area contributed by atoms with Gasteiger partial charge in [-0.2, -0.15) is 0 Å². The Bertz CT molecular complexity index is 947. The van der Waals surface area contributed by atoms with E-state index in [1.165, 1.54) is 0 Å². The summed E-state index contributed by atoms with van der Waals surface area (Å²) in [4.78, 5) is 16.8. The SMILES string of the molecule is CCOC(=O)c1c(-c2cccc(N=C(N)CCl)c2)cn2ccccc12. The monoisotopic (exact) mass is 355 g/mol. The number of rotatable bonds is 5. The molecule has 128 valence electrons. The summed E-state index contributed by atoms with van der Waals surface area (Å²) in [7, 11) is 0. The number of carbonyl (C=O) groups is 1. The molecule has 0 aliphatic heterocycles. The third-order valence-corrected chi connectivity index (χ3v) is 4.00. The second kappa shape index (κ2) is 7.40. The number of nitrogens with zero attached hydrogens (tertiary/aromatic N) is 2. The van der Waals surface area contributed by atoms with Crippen molar-refractivity contribution >= 4 is 34.6 Å². The molecule has 1 aromatic carbocycles. The Labute approximate surface area is 150 Å². The number of hydrogen-bond donors (Lipinski definition) is 1. The van der Waals surface area contributed by atoms with Crippen LogP contribution < -0.4 is 5.73 Å². The Morgan fingerprint density at radius 2 is 2.12 bits per heavy atom. The quantitative estimate of drug-likeness (QED) is 0.325. The highest BCUT2D eigenvalue weighted by atomic mass is 35.5. The highest BCUT2D eigenvalue weighted by Crippen LogP contribution is 2.31. The van der Waals surface area contributed by atoms with E-state index in [0.717, 1.165) is 16.6 Å². The van der Waals surface area contributed by atoms with Gasteiger partial charge in [-0.1, -0.05) is 18.2 Å². The molecule has 2 N–H and O–H groups in total. The molecule has 2 heterocycles. The Kier molecular flexibility index (Phi) is 5.05. The van der Waals surface area contributed by atoms with Crippen molar-refractivity contribution in [2.45, 2.75) is 6.92 Å². The zero-order valence-corrected chi connectivity index (χ0v) is 14.5. The van der Waals surface area contributed by atoms with Crippen LogP contribution in [0.5, 0.6) is 0 Å². The van der Waals surface area contributed by atoms with E-state index >= 15 is 0 Å². The minimum absolute atomic E-state index is 0.161. The number of alkyl halides is 1. The number of fused-ring (bicyclic) bond motifs is 1. The second-order valence-electron chi connectivity index (χ2n) is 5.42. The Hall–Kier alpha value is -2.79. The number of benzene rings is 1. The van der Waals surface area contributed by atoms with Crippen LogP contribution in [0.2, 0.25) is 0 Å². The third-order valence-electron chi connectivity index (χ3n) is 3.73. The molecule has 0 atom stereocenters. The smallest absolute Gasteiger partial charge is 0.340 e. The van der Waals surface area contributed by atoms with Crippen LogP contribution in [0.3, 0.4) is 0 Å². The normalized spacial score (nSPS) is 11.7. The molecule has 0 radical (unpaired) electrons. The van der Waals surface area contributed by atoms with Gasteiger partial charge < -0.3 is 14.9 Å². The fourth-order valence-electron chi connectivity index (χ4n) is 2.70. The zero-order chi connectivity index (χ0) is 17.8. The average molecular weight is 356 g/mol. The highest BCUT2D eigenvalue weighted by molar-refractivity contribution is 6.28. The van der Waals surface area contributed by atoms with Crippen molar-refractivity contribution in [2.75, 3.05) is 12.5 Å². The first-order valence-corrected chi connectivity index (χ1v) is 8.43. The summed E-state index contributed by atoms with van der Waals surface area (Å²) in [6, 6.07) is 13.2. The van der Waals surface area contributed by atoms with E-state index < -0.39 is 0 Å². The van der Waals surface area contributed by atoms with Crippen LogP contribution in [0.15, 0.2) is 59.9 Å². The standard InChI is InChI=1S/C19H18ClN3O2/c1-2-25-19(24)18-15(12-23-9-4-3-8-16(18)23)13-6-5-7-14(10-13)22-17(21)11-20/h3-10,12H,2,11H2,1H3,(H2,21,22). The number of amidine groups is 1. The van der Waals surface area contributed by atoms with Gasteiger partial charge in [0.1, 0.15) is 5.84 Å². The Morgan fingerprint density at radius 1 is 1.28 bits per heavy atom. The number of esters is 1. The topological polar surface area (TPSA) is 69.1 Å². The number of ether oxygens (including phenoxy) is 1. The lowest BCUT2D eigenvalue weighted by molar-refractivity contribution is 0.0529. The molecule has 0 fully saturated rings. The lowest BCUT2D eigenvalue weighted by Crippen LogP contribution is -2.12. The maximum absolute atomic E-state index is 12.5. The van der Waals surface area contributed by atoms with Gasteiger partial charge >= 0.3 is 5.97 Å². The summed E-state index contributed by atoms with van der Waals surface area (Å²) in [5.41, 5.74) is 9.37. The van der Waals surface area contributed by atoms with Crippen LogP contribution in [-0.4, -0.2) is 28.7 Å². The molecule has 3 rings (SSSR count). The largest absolute Gasteiger partial charge is 0.462 e. The predicted octanol–water partition coefficient (Wildman–Crippen LogP) is 4.01. The summed E-state index contributed by atoms with van der Waals surface area (Å²) in [5.74, 6) is 0.154. The zero-order valence-electron chi connectivity index (χ0n) is 13.8. The van der Waals surface area contributed by atoms with E-state index in [1.807, 2.05) is 59.3 Å². The minimum atomic E-state index is -0.347. The molecular formula is C19H18ClN3O2. The molecule has 0 aliphatic carbocycles. The molecule has 0 spiro atoms. The molecule has 0 bridgehead atoms. The van der Waals surface area contributed by atoms with Crippen molar-refractivity contribution in [3.63, 3.8) is 0 Å². The maximum atomic E-state index is 12.5. The molecule has 0 saturated carbocycles. The summed E-state index contributed by atoms with van der Waals surface area (Å²) >= 11 is 5.69. The predicted molar refractivity (Wildman–Crippen MR) is 101 cm³/mol. The van der Waals surface area contributed by atoms with Gasteiger partial charge in [0.2, 0.25) is 0 Å². The van der Waals surface area contributed by atoms with Crippen LogP contribution in [-0.2, 0) is 4.74 Å². The number of nitrogens with two attached hydrogens (primary N) is 1. The number of aromatic nitrogens is 1. The van der Waals surface area contributed by atoms with Crippen LogP contribution in [0.25, 0.3) is 16.6 Å². The number of carbonyl (C=O) groups excluding carboxylic acids is 1. The van der Waals surface area contributed by atoms with Crippen molar-refractivity contribution in [1.82, 2.24) is 4.40 Å². The number of halogens is 1. The van der Waals surface area contributed by atoms with Gasteiger partial charge in [-0.05, 0) is 36.8 Å². The molecule has 0 amide bonds. The number of pyridine rings is 1. The fourth-order valence-corrected chi connectivity index (χ4v) is 2.76. The Balaban J connectivity index is 2.17. The van der Waals surface area contributed by atoms with E-state index in [2.05, 4.69) is 4.99 Å². The fraction of sp³-hybridized carbons (Fsp3) is 0.158. The van der Waals surface area contributed by atoms with Crippen molar-refractivity contribution < 1.29 is 9.53 Å². The van der Waals surface area contributed by atoms with E-state index in [0.29, 0.717) is 23.7 Å². The molecule has 25 heavy (non-hydrogen) atoms. The van der Waals surface area contributed by atoms with Crippen LogP contribution in [0.4, 0.5) is 5.69 Å². The second-order valence-corrected chi connectivity index (χ2v) is 5.69. The first kappa shape index (κ1) is 17.0. The maximum Gasteiger partial charge on any atom is 0.340 e. The lowest BCUT2D eigenvalue weighted by Gasteiger charge is -2.06. The van der Waals surface area contributed by atoms with E-state index in [9.17, 15) is 4.79 Å². The third kappa shape index (κ3) is 3.51. The molecule has 5 nitrogen and oxygen atoms in total. The van der Waals surface area contributed by atoms with Gasteiger partial charge in [0.25, 0.3) is 0 Å². The van der Waals surface area contributed by atoms with E-state index in [-0.39, 0.29) is 11.8 Å². The summed E-state index contributed by atoms with van der Waals surface area (Å²) in [5, 5.41) is 0. The van der Waals surface area contributed by atoms with Gasteiger partial charge in [0.15, 0.2) is 0 Å². The van der Waals surface area contributed by atoms with Crippen molar-refractivity contribution in [3.8, 4) is 11.1 Å². The van der Waals surface area contributed by atoms with Crippen LogP contribution in [0.1, 0.15) is 17.3 Å². The molecular weight excluding hydrogens is 338 g/mol. The first-order chi connectivity index (χ1) is 12.1. The van der Waals surface area contributed by atoms with Crippen molar-refractivity contribution in [3.05, 3.63) is 60.4 Å². The van der Waals surface area contributed by atoms with E-state index in [1.54, 1.807) is 6.92 Å². The van der Waals surface area contributed by atoms with Crippen molar-refractivity contribution in [2.24, 2.45) is 10.7 Å². The van der Waals surface area contributed by atoms with Gasteiger partial charge in [0, 0.05) is 18.0 Å². The molecule has 2 aromatic heterocycles. The van der Waals surface area contributed by atoms with Gasteiger partial charge in [0.05, 0.1) is 29.3 Å².